The van der Waals surface area contributed by atoms with Crippen molar-refractivity contribution in [1.82, 2.24) is 0 Å². The van der Waals surface area contributed by atoms with Gasteiger partial charge in [-0.25, -0.2) is 0 Å². The second-order valence-corrected chi connectivity index (χ2v) is 9.29. The van der Waals surface area contributed by atoms with Gasteiger partial charge in [-0.15, -0.1) is 6.58 Å². The lowest BCUT2D eigenvalue weighted by atomic mass is 9.44. The Balaban J connectivity index is 1.66. The van der Waals surface area contributed by atoms with E-state index in [2.05, 4.69) is 20.4 Å². The maximum absolute atomic E-state index is 12.5. The zero-order chi connectivity index (χ0) is 16.4. The average molecular weight is 314 g/mol. The molecular weight excluding hydrogens is 284 g/mol. The van der Waals surface area contributed by atoms with Crippen LogP contribution in [0.25, 0.3) is 0 Å². The molecule has 2 unspecified atom stereocenters. The van der Waals surface area contributed by atoms with E-state index in [1.807, 2.05) is 6.08 Å². The summed E-state index contributed by atoms with van der Waals surface area (Å²) >= 11 is 0. The van der Waals surface area contributed by atoms with Crippen LogP contribution in [0.5, 0.6) is 0 Å². The third kappa shape index (κ3) is 1.99. The van der Waals surface area contributed by atoms with Crippen molar-refractivity contribution in [3.63, 3.8) is 0 Å². The number of ketones is 2. The molecule has 0 amide bonds. The lowest BCUT2D eigenvalue weighted by Gasteiger charge is -2.60. The Morgan fingerprint density at radius 3 is 2.61 bits per heavy atom. The third-order valence-corrected chi connectivity index (χ3v) is 8.58. The summed E-state index contributed by atoms with van der Waals surface area (Å²) in [5.41, 5.74) is 0.245. The normalized spacial score (nSPS) is 52.5. The quantitative estimate of drug-likeness (QED) is 0.664. The first-order valence-corrected chi connectivity index (χ1v) is 9.58. The van der Waals surface area contributed by atoms with Gasteiger partial charge < -0.3 is 0 Å². The molecule has 4 aliphatic rings. The molecule has 4 fully saturated rings. The Labute approximate surface area is 140 Å². The largest absolute Gasteiger partial charge is 0.299 e. The third-order valence-electron chi connectivity index (χ3n) is 8.58. The molecule has 4 aliphatic carbocycles. The maximum Gasteiger partial charge on any atom is 0.140 e. The van der Waals surface area contributed by atoms with Gasteiger partial charge in [-0.05, 0) is 67.6 Å². The van der Waals surface area contributed by atoms with Crippen LogP contribution in [-0.2, 0) is 9.59 Å². The second-order valence-electron chi connectivity index (χ2n) is 9.29. The number of allylic oxidation sites excluding steroid dienone is 1. The summed E-state index contributed by atoms with van der Waals surface area (Å²) in [6.07, 6.45) is 10.3. The molecule has 0 aromatic carbocycles. The summed E-state index contributed by atoms with van der Waals surface area (Å²) in [5.74, 6) is 3.59. The van der Waals surface area contributed by atoms with E-state index in [-0.39, 0.29) is 16.7 Å². The van der Waals surface area contributed by atoms with E-state index in [1.54, 1.807) is 0 Å². The van der Waals surface area contributed by atoms with Gasteiger partial charge in [0, 0.05) is 24.2 Å². The molecule has 2 nitrogen and oxygen atoms in total. The van der Waals surface area contributed by atoms with Crippen LogP contribution < -0.4 is 0 Å². The van der Waals surface area contributed by atoms with E-state index in [9.17, 15) is 9.59 Å². The highest BCUT2D eigenvalue weighted by atomic mass is 16.1. The Kier molecular flexibility index (Phi) is 3.42. The standard InChI is InChI=1S/C21H30O2/c1-4-13-12-21(3)14(11-18(13)22)5-6-15-16-7-8-19(23)20(16,2)10-9-17(15)21/h4,13-17H,1,5-12H2,2-3H3/t13?,14?,15-,16-,17-,20-,21-/m0/s1. The Bertz CT molecular complexity index is 564. The molecule has 0 spiro atoms. The van der Waals surface area contributed by atoms with Gasteiger partial charge in [0.05, 0.1) is 0 Å². The summed E-state index contributed by atoms with van der Waals surface area (Å²) in [7, 11) is 0. The molecule has 0 radical (unpaired) electrons. The van der Waals surface area contributed by atoms with Crippen molar-refractivity contribution in [3.8, 4) is 0 Å². The van der Waals surface area contributed by atoms with Gasteiger partial charge in [-0.3, -0.25) is 9.59 Å². The minimum Gasteiger partial charge on any atom is -0.299 e. The molecule has 126 valence electrons. The smallest absolute Gasteiger partial charge is 0.140 e. The number of hydrogen-bond acceptors (Lipinski definition) is 2. The summed E-state index contributed by atoms with van der Waals surface area (Å²) in [4.78, 5) is 24.8. The van der Waals surface area contributed by atoms with Crippen LogP contribution >= 0.6 is 0 Å². The first kappa shape index (κ1) is 15.6. The van der Waals surface area contributed by atoms with E-state index in [4.69, 9.17) is 0 Å². The number of Topliss-reactive ketones (excluding diaryl/α,β-unsaturated/α-hetero) is 2. The van der Waals surface area contributed by atoms with E-state index >= 15 is 0 Å². The number of carbonyl (C=O) groups excluding carboxylic acids is 2. The minimum atomic E-state index is -0.0350. The highest BCUT2D eigenvalue weighted by molar-refractivity contribution is 5.87. The topological polar surface area (TPSA) is 34.1 Å². The molecule has 23 heavy (non-hydrogen) atoms. The predicted octanol–water partition coefficient (Wildman–Crippen LogP) is 4.58. The van der Waals surface area contributed by atoms with Crippen molar-refractivity contribution in [3.05, 3.63) is 12.7 Å². The Morgan fingerprint density at radius 2 is 1.87 bits per heavy atom. The van der Waals surface area contributed by atoms with Gasteiger partial charge in [0.1, 0.15) is 11.6 Å². The van der Waals surface area contributed by atoms with Crippen molar-refractivity contribution in [2.45, 2.75) is 65.2 Å². The van der Waals surface area contributed by atoms with Crippen molar-refractivity contribution in [2.24, 2.45) is 40.4 Å². The minimum absolute atomic E-state index is 0.0350. The van der Waals surface area contributed by atoms with E-state index < -0.39 is 0 Å². The van der Waals surface area contributed by atoms with Crippen LogP contribution in [0, 0.1) is 40.4 Å². The summed E-state index contributed by atoms with van der Waals surface area (Å²) in [6.45, 7) is 8.62. The van der Waals surface area contributed by atoms with Gasteiger partial charge in [-0.2, -0.15) is 0 Å². The Morgan fingerprint density at radius 1 is 1.09 bits per heavy atom. The fraction of sp³-hybridized carbons (Fsp3) is 0.810. The molecule has 0 heterocycles. The van der Waals surface area contributed by atoms with Crippen LogP contribution in [0.2, 0.25) is 0 Å². The van der Waals surface area contributed by atoms with Gasteiger partial charge in [0.15, 0.2) is 0 Å². The van der Waals surface area contributed by atoms with Crippen LogP contribution in [0.4, 0.5) is 0 Å². The summed E-state index contributed by atoms with van der Waals surface area (Å²) in [5, 5.41) is 0. The van der Waals surface area contributed by atoms with Gasteiger partial charge in [0.25, 0.3) is 0 Å². The molecule has 0 aromatic heterocycles. The summed E-state index contributed by atoms with van der Waals surface area (Å²) in [6, 6.07) is 0. The van der Waals surface area contributed by atoms with Crippen LogP contribution in [0.3, 0.4) is 0 Å². The van der Waals surface area contributed by atoms with Crippen LogP contribution in [0.15, 0.2) is 12.7 Å². The fourth-order valence-corrected chi connectivity index (χ4v) is 7.16. The van der Waals surface area contributed by atoms with Gasteiger partial charge in [-0.1, -0.05) is 19.9 Å². The molecule has 0 aliphatic heterocycles. The maximum atomic E-state index is 12.5. The molecule has 0 aromatic rings. The predicted molar refractivity (Wildman–Crippen MR) is 90.8 cm³/mol. The molecule has 0 bridgehead atoms. The Hall–Kier alpha value is -0.920. The lowest BCUT2D eigenvalue weighted by molar-refractivity contribution is -0.147. The number of carbonyl (C=O) groups is 2. The van der Waals surface area contributed by atoms with Gasteiger partial charge in [0.2, 0.25) is 0 Å². The monoisotopic (exact) mass is 314 g/mol. The molecule has 0 N–H and O–H groups in total. The van der Waals surface area contributed by atoms with Crippen molar-refractivity contribution < 1.29 is 9.59 Å². The van der Waals surface area contributed by atoms with Crippen LogP contribution in [-0.4, -0.2) is 11.6 Å². The molecule has 4 saturated carbocycles. The van der Waals surface area contributed by atoms with Crippen molar-refractivity contribution >= 4 is 11.6 Å². The molecule has 7 atom stereocenters. The zero-order valence-electron chi connectivity index (χ0n) is 14.6. The summed E-state index contributed by atoms with van der Waals surface area (Å²) < 4.78 is 0. The van der Waals surface area contributed by atoms with E-state index in [0.29, 0.717) is 35.2 Å². The first-order valence-electron chi connectivity index (χ1n) is 9.58. The van der Waals surface area contributed by atoms with Crippen LogP contribution in [0.1, 0.15) is 65.2 Å². The number of hydrogen-bond donors (Lipinski definition) is 0. The second kappa shape index (κ2) is 5.04. The SMILES string of the molecule is C=CC1C[C@@]2(C)C(CC[C@@H]3[C@@H]2CC[C@]2(C)C(=O)CC[C@@H]32)CC1=O. The zero-order valence-corrected chi connectivity index (χ0v) is 14.6. The van der Waals surface area contributed by atoms with E-state index in [1.165, 1.54) is 19.3 Å². The molecule has 2 heteroatoms. The van der Waals surface area contributed by atoms with Gasteiger partial charge >= 0.3 is 0 Å². The number of rotatable bonds is 1. The molecule has 0 saturated heterocycles. The highest BCUT2D eigenvalue weighted by Gasteiger charge is 2.60. The fourth-order valence-electron chi connectivity index (χ4n) is 7.16. The van der Waals surface area contributed by atoms with E-state index in [0.717, 1.165) is 32.1 Å². The van der Waals surface area contributed by atoms with Crippen molar-refractivity contribution in [2.75, 3.05) is 0 Å². The molecule has 4 rings (SSSR count). The van der Waals surface area contributed by atoms with Crippen molar-refractivity contribution in [1.29, 1.82) is 0 Å². The lowest BCUT2D eigenvalue weighted by Crippen LogP contribution is -2.54. The first-order chi connectivity index (χ1) is 10.9. The number of fused-ring (bicyclic) bond motifs is 5. The highest BCUT2D eigenvalue weighted by Crippen LogP contribution is 2.65. The molecular formula is C21H30O2. The average Bonchev–Trinajstić information content (AvgIpc) is 2.83.